The Labute approximate surface area is 123 Å². The minimum absolute atomic E-state index is 0.129. The molecule has 2 unspecified atom stereocenters. The average Bonchev–Trinajstić information content (AvgIpc) is 2.96. The number of rotatable bonds is 3. The van der Waals surface area contributed by atoms with Gasteiger partial charge in [0.25, 0.3) is 0 Å². The Morgan fingerprint density at radius 2 is 1.90 bits per heavy atom. The van der Waals surface area contributed by atoms with Crippen LogP contribution < -0.4 is 15.1 Å². The molecule has 21 heavy (non-hydrogen) atoms. The first-order valence-electron chi connectivity index (χ1n) is 7.22. The van der Waals surface area contributed by atoms with Gasteiger partial charge in [-0.1, -0.05) is 0 Å². The van der Waals surface area contributed by atoms with Crippen LogP contribution in [0.3, 0.4) is 0 Å². The minimum Gasteiger partial charge on any atom is -0.371 e. The highest BCUT2D eigenvalue weighted by Gasteiger charge is 2.25. The highest BCUT2D eigenvalue weighted by molar-refractivity contribution is 5.78. The molecule has 1 aromatic rings. The van der Waals surface area contributed by atoms with E-state index >= 15 is 0 Å². The van der Waals surface area contributed by atoms with E-state index in [0.29, 0.717) is 13.0 Å². The lowest BCUT2D eigenvalue weighted by atomic mass is 10.1. The summed E-state index contributed by atoms with van der Waals surface area (Å²) in [4.78, 5) is 26.0. The Morgan fingerprint density at radius 3 is 2.52 bits per heavy atom. The molecule has 0 saturated carbocycles. The van der Waals surface area contributed by atoms with Gasteiger partial charge < -0.3 is 25.0 Å². The molecule has 2 aliphatic heterocycles. The second kappa shape index (κ2) is 5.73. The van der Waals surface area contributed by atoms with Gasteiger partial charge in [0.15, 0.2) is 0 Å². The molecule has 2 N–H and O–H groups in total. The molecule has 0 aliphatic carbocycles. The maximum absolute atomic E-state index is 11.2. The Balaban J connectivity index is 1.69. The van der Waals surface area contributed by atoms with E-state index in [0.717, 1.165) is 37.2 Å². The highest BCUT2D eigenvalue weighted by atomic mass is 16.3. The van der Waals surface area contributed by atoms with Crippen LogP contribution in [0.4, 0.5) is 11.4 Å². The van der Waals surface area contributed by atoms with Gasteiger partial charge in [-0.05, 0) is 30.7 Å². The Kier molecular flexibility index (Phi) is 3.79. The van der Waals surface area contributed by atoms with E-state index in [1.165, 1.54) is 0 Å². The Morgan fingerprint density at radius 1 is 1.19 bits per heavy atom. The summed E-state index contributed by atoms with van der Waals surface area (Å²) in [6, 6.07) is 7.85. The second-order valence-electron chi connectivity index (χ2n) is 5.53. The van der Waals surface area contributed by atoms with Crippen LogP contribution in [0, 0.1) is 5.92 Å². The number of nitrogens with one attached hydrogen (secondary N) is 1. The lowest BCUT2D eigenvalue weighted by Crippen LogP contribution is -2.54. The van der Waals surface area contributed by atoms with Gasteiger partial charge in [0.05, 0.1) is 0 Å². The van der Waals surface area contributed by atoms with Gasteiger partial charge >= 0.3 is 0 Å². The predicted molar refractivity (Wildman–Crippen MR) is 78.9 cm³/mol. The van der Waals surface area contributed by atoms with Gasteiger partial charge in [-0.25, -0.2) is 0 Å². The van der Waals surface area contributed by atoms with Gasteiger partial charge in [-0.15, -0.1) is 0 Å². The van der Waals surface area contributed by atoms with Gasteiger partial charge in [0.1, 0.15) is 6.29 Å². The molecule has 0 radical (unpaired) electrons. The molecule has 0 bridgehead atoms. The summed E-state index contributed by atoms with van der Waals surface area (Å²) in [5.74, 6) is -0.00357. The number of hydrogen-bond donors (Lipinski definition) is 2. The summed E-state index contributed by atoms with van der Waals surface area (Å²) >= 11 is 0. The van der Waals surface area contributed by atoms with E-state index in [4.69, 9.17) is 0 Å². The van der Waals surface area contributed by atoms with E-state index < -0.39 is 6.35 Å². The molecule has 2 fully saturated rings. The molecule has 6 heteroatoms. The molecule has 1 amide bonds. The van der Waals surface area contributed by atoms with Gasteiger partial charge in [0.2, 0.25) is 12.3 Å². The maximum Gasteiger partial charge on any atom is 0.225 e. The van der Waals surface area contributed by atoms with Crippen LogP contribution in [0.25, 0.3) is 0 Å². The molecule has 6 nitrogen and oxygen atoms in total. The third-order valence-corrected chi connectivity index (χ3v) is 4.13. The summed E-state index contributed by atoms with van der Waals surface area (Å²) in [7, 11) is 0. The number of aldehydes is 1. The zero-order valence-corrected chi connectivity index (χ0v) is 11.7. The molecule has 112 valence electrons. The monoisotopic (exact) mass is 289 g/mol. The lowest BCUT2D eigenvalue weighted by molar-refractivity contribution is -0.125. The summed E-state index contributed by atoms with van der Waals surface area (Å²) < 4.78 is 0. The fraction of sp³-hybridized carbons (Fsp3) is 0.467. The molecular formula is C15H19N3O3. The standard InChI is InChI=1S/C15H19N3O3/c19-10-11-5-7-17(9-11)12-1-3-13(4-2-12)18-8-6-14(20)16-15(18)21/h1-4,10-11,15,21H,5-9H2,(H,16,20). The first kappa shape index (κ1) is 13.9. The molecule has 0 spiro atoms. The topological polar surface area (TPSA) is 72.9 Å². The number of nitrogens with zero attached hydrogens (tertiary/aromatic N) is 2. The molecule has 0 aromatic heterocycles. The van der Waals surface area contributed by atoms with Crippen molar-refractivity contribution in [2.75, 3.05) is 29.4 Å². The second-order valence-corrected chi connectivity index (χ2v) is 5.53. The molecule has 1 aromatic carbocycles. The van der Waals surface area contributed by atoms with E-state index in [9.17, 15) is 14.7 Å². The summed E-state index contributed by atoms with van der Waals surface area (Å²) in [6.07, 6.45) is 1.35. The number of carbonyl (C=O) groups is 2. The van der Waals surface area contributed by atoms with E-state index in [2.05, 4.69) is 10.2 Å². The van der Waals surface area contributed by atoms with Crippen LogP contribution in [0.5, 0.6) is 0 Å². The van der Waals surface area contributed by atoms with E-state index in [-0.39, 0.29) is 11.8 Å². The van der Waals surface area contributed by atoms with E-state index in [1.54, 1.807) is 4.90 Å². The average molecular weight is 289 g/mol. The van der Waals surface area contributed by atoms with Gasteiger partial charge in [-0.3, -0.25) is 4.79 Å². The zero-order chi connectivity index (χ0) is 14.8. The van der Waals surface area contributed by atoms with Crippen LogP contribution in [0.1, 0.15) is 12.8 Å². The Hall–Kier alpha value is -2.08. The number of carbonyl (C=O) groups excluding carboxylic acids is 2. The van der Waals surface area contributed by atoms with Crippen molar-refractivity contribution < 1.29 is 14.7 Å². The van der Waals surface area contributed by atoms with Crippen molar-refractivity contribution in [1.82, 2.24) is 5.32 Å². The zero-order valence-electron chi connectivity index (χ0n) is 11.7. The van der Waals surface area contributed by atoms with Gasteiger partial charge in [-0.2, -0.15) is 0 Å². The van der Waals surface area contributed by atoms with Gasteiger partial charge in [0, 0.05) is 43.3 Å². The normalized spacial score (nSPS) is 25.9. The van der Waals surface area contributed by atoms with Crippen LogP contribution in [0.2, 0.25) is 0 Å². The fourth-order valence-electron chi connectivity index (χ4n) is 2.90. The maximum atomic E-state index is 11.2. The minimum atomic E-state index is -0.969. The number of amides is 1. The fourth-order valence-corrected chi connectivity index (χ4v) is 2.90. The van der Waals surface area contributed by atoms with Crippen LogP contribution in [0.15, 0.2) is 24.3 Å². The number of aliphatic hydroxyl groups is 1. The molecular weight excluding hydrogens is 270 g/mol. The third kappa shape index (κ3) is 2.85. The molecule has 3 rings (SSSR count). The van der Waals surface area contributed by atoms with Crippen molar-refractivity contribution in [3.63, 3.8) is 0 Å². The Bertz CT molecular complexity index is 531. The number of hydrogen-bond acceptors (Lipinski definition) is 5. The number of aliphatic hydroxyl groups excluding tert-OH is 1. The highest BCUT2D eigenvalue weighted by Crippen LogP contribution is 2.26. The largest absolute Gasteiger partial charge is 0.371 e. The van der Waals surface area contributed by atoms with Crippen molar-refractivity contribution in [2.24, 2.45) is 5.92 Å². The molecule has 2 atom stereocenters. The first-order chi connectivity index (χ1) is 10.2. The summed E-state index contributed by atoms with van der Waals surface area (Å²) in [6.45, 7) is 2.17. The third-order valence-electron chi connectivity index (χ3n) is 4.13. The van der Waals surface area contributed by atoms with Crippen molar-refractivity contribution in [1.29, 1.82) is 0 Å². The molecule has 2 heterocycles. The van der Waals surface area contributed by atoms with Crippen molar-refractivity contribution in [2.45, 2.75) is 19.2 Å². The van der Waals surface area contributed by atoms with Crippen LogP contribution in [-0.2, 0) is 9.59 Å². The molecule has 2 saturated heterocycles. The van der Waals surface area contributed by atoms with E-state index in [1.807, 2.05) is 24.3 Å². The summed E-state index contributed by atoms with van der Waals surface area (Å²) in [5, 5.41) is 12.4. The number of anilines is 2. The lowest BCUT2D eigenvalue weighted by Gasteiger charge is -2.34. The smallest absolute Gasteiger partial charge is 0.225 e. The SMILES string of the molecule is O=CC1CCN(c2ccc(N3CCC(=O)NC3O)cc2)C1. The van der Waals surface area contributed by atoms with Crippen LogP contribution in [-0.4, -0.2) is 43.3 Å². The number of benzene rings is 1. The van der Waals surface area contributed by atoms with Crippen molar-refractivity contribution in [3.05, 3.63) is 24.3 Å². The first-order valence-corrected chi connectivity index (χ1v) is 7.22. The van der Waals surface area contributed by atoms with Crippen LogP contribution >= 0.6 is 0 Å². The van der Waals surface area contributed by atoms with Crippen molar-refractivity contribution >= 4 is 23.6 Å². The summed E-state index contributed by atoms with van der Waals surface area (Å²) in [5.41, 5.74) is 1.95. The quantitative estimate of drug-likeness (QED) is 0.784. The van der Waals surface area contributed by atoms with Crippen molar-refractivity contribution in [3.8, 4) is 0 Å². The predicted octanol–water partition coefficient (Wildman–Crippen LogP) is 0.314. The molecule has 2 aliphatic rings.